The number of pyridine rings is 1. The highest BCUT2D eigenvalue weighted by molar-refractivity contribution is 5.92. The van der Waals surface area contributed by atoms with Crippen LogP contribution in [0.4, 0.5) is 0 Å². The van der Waals surface area contributed by atoms with E-state index in [1.165, 1.54) is 22.3 Å². The molecule has 2 aliphatic rings. The van der Waals surface area contributed by atoms with Crippen LogP contribution < -0.4 is 4.74 Å². The van der Waals surface area contributed by atoms with Crippen molar-refractivity contribution in [3.63, 3.8) is 0 Å². The maximum Gasteiger partial charge on any atom is 0.164 e. The third-order valence-corrected chi connectivity index (χ3v) is 11.1. The quantitative estimate of drug-likeness (QED) is 0.177. The monoisotopic (exact) mass is 716 g/mol. The summed E-state index contributed by atoms with van der Waals surface area (Å²) >= 11 is 0. The molecule has 56 heavy (non-hydrogen) atoms. The van der Waals surface area contributed by atoms with Gasteiger partial charge >= 0.3 is 0 Å². The summed E-state index contributed by atoms with van der Waals surface area (Å²) in [5.74, 6) is 3.59. The molecule has 262 valence electrons. The van der Waals surface area contributed by atoms with Crippen LogP contribution in [0.3, 0.4) is 0 Å². The van der Waals surface area contributed by atoms with Crippen LogP contribution >= 0.6 is 0 Å². The number of fused-ring (bicyclic) bond motifs is 9. The average molecular weight is 717 g/mol. The molecule has 0 fully saturated rings. The maximum atomic E-state index is 7.26. The van der Waals surface area contributed by atoms with E-state index in [0.29, 0.717) is 17.5 Å². The Morgan fingerprint density at radius 1 is 0.304 bits per heavy atom. The first kappa shape index (κ1) is 32.0. The molecule has 0 bridgehead atoms. The van der Waals surface area contributed by atoms with E-state index in [-0.39, 0.29) is 0 Å². The van der Waals surface area contributed by atoms with Gasteiger partial charge in [-0.05, 0) is 45.5 Å². The summed E-state index contributed by atoms with van der Waals surface area (Å²) in [6.45, 7) is 0. The Balaban J connectivity index is 1.10. The van der Waals surface area contributed by atoms with E-state index in [2.05, 4.69) is 126 Å². The Labute approximate surface area is 324 Å². The zero-order valence-corrected chi connectivity index (χ0v) is 30.2. The van der Waals surface area contributed by atoms with E-state index in [1.54, 1.807) is 0 Å². The van der Waals surface area contributed by atoms with Gasteiger partial charge in [0.15, 0.2) is 17.5 Å². The summed E-state index contributed by atoms with van der Waals surface area (Å²) in [6, 6.07) is 63.5. The van der Waals surface area contributed by atoms with Crippen molar-refractivity contribution in [3.8, 4) is 79.0 Å². The van der Waals surface area contributed by atoms with Gasteiger partial charge in [-0.3, -0.25) is 4.98 Å². The number of ether oxygens (including phenoxy) is 1. The molecule has 0 unspecified atom stereocenters. The highest BCUT2D eigenvalue weighted by atomic mass is 16.5. The molecule has 7 aromatic carbocycles. The van der Waals surface area contributed by atoms with Gasteiger partial charge in [-0.25, -0.2) is 15.0 Å². The predicted octanol–water partition coefficient (Wildman–Crippen LogP) is 12.1. The first-order valence-corrected chi connectivity index (χ1v) is 18.8. The predicted molar refractivity (Wildman–Crippen MR) is 222 cm³/mol. The second-order valence-electron chi connectivity index (χ2n) is 14.2. The van der Waals surface area contributed by atoms with Gasteiger partial charge in [0.05, 0.1) is 5.41 Å². The van der Waals surface area contributed by atoms with Crippen LogP contribution in [0, 0.1) is 0 Å². The fraction of sp³-hybridized carbons (Fsp3) is 0.0196. The summed E-state index contributed by atoms with van der Waals surface area (Å²) in [4.78, 5) is 19.2. The lowest BCUT2D eigenvalue weighted by Crippen LogP contribution is -2.32. The van der Waals surface area contributed by atoms with Gasteiger partial charge in [0, 0.05) is 51.3 Å². The minimum Gasteiger partial charge on any atom is -0.455 e. The zero-order valence-electron chi connectivity index (χ0n) is 30.2. The van der Waals surface area contributed by atoms with Crippen molar-refractivity contribution in [1.82, 2.24) is 19.9 Å². The number of hydrogen-bond acceptors (Lipinski definition) is 5. The fourth-order valence-electron chi connectivity index (χ4n) is 8.67. The number of nitrogens with zero attached hydrogens (tertiary/aromatic N) is 4. The molecular weight excluding hydrogens is 685 g/mol. The summed E-state index contributed by atoms with van der Waals surface area (Å²) in [5, 5.41) is 0. The zero-order chi connectivity index (χ0) is 37.1. The molecule has 0 N–H and O–H groups in total. The van der Waals surface area contributed by atoms with Crippen LogP contribution in [0.1, 0.15) is 22.3 Å². The molecule has 3 heterocycles. The van der Waals surface area contributed by atoms with Crippen LogP contribution in [-0.4, -0.2) is 19.9 Å². The van der Waals surface area contributed by atoms with Crippen molar-refractivity contribution < 1.29 is 4.74 Å². The van der Waals surface area contributed by atoms with E-state index in [0.717, 1.165) is 61.6 Å². The van der Waals surface area contributed by atoms with E-state index in [4.69, 9.17) is 19.7 Å². The molecule has 0 radical (unpaired) electrons. The van der Waals surface area contributed by atoms with Crippen molar-refractivity contribution in [2.45, 2.75) is 5.41 Å². The van der Waals surface area contributed by atoms with Gasteiger partial charge in [-0.2, -0.15) is 0 Å². The van der Waals surface area contributed by atoms with Crippen LogP contribution in [0.5, 0.6) is 11.5 Å². The second kappa shape index (κ2) is 12.8. The van der Waals surface area contributed by atoms with E-state index in [1.807, 2.05) is 73.1 Å². The molecule has 1 spiro atoms. The van der Waals surface area contributed by atoms with Crippen LogP contribution in [0.15, 0.2) is 194 Å². The molecule has 1 aliphatic carbocycles. The van der Waals surface area contributed by atoms with E-state index < -0.39 is 5.41 Å². The van der Waals surface area contributed by atoms with Crippen LogP contribution in [0.25, 0.3) is 67.5 Å². The van der Waals surface area contributed by atoms with Crippen molar-refractivity contribution in [3.05, 3.63) is 217 Å². The van der Waals surface area contributed by atoms with E-state index >= 15 is 0 Å². The second-order valence-corrected chi connectivity index (χ2v) is 14.2. The molecule has 5 nitrogen and oxygen atoms in total. The van der Waals surface area contributed by atoms with Crippen molar-refractivity contribution >= 4 is 0 Å². The van der Waals surface area contributed by atoms with Gasteiger partial charge in [0.25, 0.3) is 0 Å². The maximum absolute atomic E-state index is 7.26. The Morgan fingerprint density at radius 2 is 0.679 bits per heavy atom. The standard InChI is InChI=1S/C51H32N4O/c1-3-13-35(14-4-1)48-53-49(36-15-5-2-6-16-36)55-50(54-48)37-27-25-33(26-28-37)38-19-11-23-44-46(38)56-47-39(34-29-31-52-32-30-34)20-12-24-45(47)51(44)42-21-9-7-17-40(42)41-18-8-10-22-43(41)51/h1-32H. The summed E-state index contributed by atoms with van der Waals surface area (Å²) in [5.41, 5.74) is 13.5. The molecule has 0 saturated carbocycles. The number of benzene rings is 7. The topological polar surface area (TPSA) is 60.8 Å². The Morgan fingerprint density at radius 3 is 1.18 bits per heavy atom. The molecule has 1 aliphatic heterocycles. The van der Waals surface area contributed by atoms with Gasteiger partial charge in [-0.15, -0.1) is 0 Å². The summed E-state index contributed by atoms with van der Waals surface area (Å²) in [7, 11) is 0. The third-order valence-electron chi connectivity index (χ3n) is 11.1. The van der Waals surface area contributed by atoms with Crippen molar-refractivity contribution in [2.24, 2.45) is 0 Å². The molecule has 0 amide bonds. The molecule has 9 aromatic rings. The van der Waals surface area contributed by atoms with Crippen molar-refractivity contribution in [1.29, 1.82) is 0 Å². The smallest absolute Gasteiger partial charge is 0.164 e. The Kier molecular flexibility index (Phi) is 7.32. The number of para-hydroxylation sites is 2. The average Bonchev–Trinajstić information content (AvgIpc) is 3.57. The molecule has 2 aromatic heterocycles. The fourth-order valence-corrected chi connectivity index (χ4v) is 8.67. The highest BCUT2D eigenvalue weighted by Crippen LogP contribution is 2.64. The normalized spacial score (nSPS) is 12.9. The lowest BCUT2D eigenvalue weighted by molar-refractivity contribution is 0.440. The Hall–Kier alpha value is -7.50. The van der Waals surface area contributed by atoms with Gasteiger partial charge < -0.3 is 4.74 Å². The van der Waals surface area contributed by atoms with Crippen LogP contribution in [-0.2, 0) is 5.41 Å². The van der Waals surface area contributed by atoms with Gasteiger partial charge in [0.2, 0.25) is 0 Å². The first-order chi connectivity index (χ1) is 27.8. The molecule has 0 atom stereocenters. The largest absolute Gasteiger partial charge is 0.455 e. The van der Waals surface area contributed by atoms with Gasteiger partial charge in [-0.1, -0.05) is 170 Å². The molecule has 5 heteroatoms. The molecule has 0 saturated heterocycles. The number of aromatic nitrogens is 4. The highest BCUT2D eigenvalue weighted by Gasteiger charge is 2.51. The van der Waals surface area contributed by atoms with E-state index in [9.17, 15) is 0 Å². The SMILES string of the molecule is c1ccc(-c2nc(-c3ccccc3)nc(-c3ccc(-c4cccc5c4Oc4c(-c6ccncc6)cccc4C54c5ccccc5-c5ccccc54)cc3)n2)cc1. The minimum absolute atomic E-state index is 0.596. The first-order valence-electron chi connectivity index (χ1n) is 18.8. The minimum atomic E-state index is -0.596. The van der Waals surface area contributed by atoms with Crippen molar-refractivity contribution in [2.75, 3.05) is 0 Å². The molecular formula is C51H32N4O. The Bertz CT molecular complexity index is 2830. The lowest BCUT2D eigenvalue weighted by Gasteiger charge is -2.40. The number of hydrogen-bond donors (Lipinski definition) is 0. The van der Waals surface area contributed by atoms with Gasteiger partial charge in [0.1, 0.15) is 11.5 Å². The van der Waals surface area contributed by atoms with Crippen LogP contribution in [0.2, 0.25) is 0 Å². The summed E-state index contributed by atoms with van der Waals surface area (Å²) in [6.07, 6.45) is 3.68. The lowest BCUT2D eigenvalue weighted by atomic mass is 9.65. The molecule has 11 rings (SSSR count). The number of rotatable bonds is 5. The third kappa shape index (κ3) is 4.88. The summed E-state index contributed by atoms with van der Waals surface area (Å²) < 4.78 is 7.26.